The van der Waals surface area contributed by atoms with E-state index >= 15 is 0 Å². The van der Waals surface area contributed by atoms with Crippen LogP contribution in [0, 0.1) is 13.6 Å². The van der Waals surface area contributed by atoms with E-state index in [1.54, 1.807) is 0 Å². The van der Waals surface area contributed by atoms with Gasteiger partial charge in [-0.2, -0.15) is 0 Å². The smallest absolute Gasteiger partial charge is 0.0656 e. The van der Waals surface area contributed by atoms with Crippen LogP contribution in [0.15, 0.2) is 0 Å². The molecule has 1 amide bonds. The largest absolute Gasteiger partial charge is 0.533 e. The number of nitrogens with one attached hydrogen (secondary N) is 1. The number of amides is 1. The summed E-state index contributed by atoms with van der Waals surface area (Å²) in [6, 6.07) is 0. The van der Waals surface area contributed by atoms with Crippen LogP contribution in [0.1, 0.15) is 0 Å². The molecular formula is C3H6N2OY-2. The van der Waals surface area contributed by atoms with Crippen molar-refractivity contribution in [1.82, 2.24) is 5.32 Å². The van der Waals surface area contributed by atoms with Gasteiger partial charge in [0.2, 0.25) is 0 Å². The fourth-order valence-corrected chi connectivity index (χ4v) is 0.0589. The summed E-state index contributed by atoms with van der Waals surface area (Å²) in [7, 11) is 3.05. The summed E-state index contributed by atoms with van der Waals surface area (Å²) in [6.45, 7) is 0.910. The van der Waals surface area contributed by atoms with Gasteiger partial charge in [0.15, 0.2) is 0 Å². The first-order chi connectivity index (χ1) is 2.81. The van der Waals surface area contributed by atoms with Crippen LogP contribution in [0.25, 0.3) is 0 Å². The van der Waals surface area contributed by atoms with Crippen LogP contribution in [-0.2, 0) is 37.5 Å². The molecule has 4 heteroatoms. The molecule has 0 aromatic heterocycles. The molecule has 0 spiro atoms. The van der Waals surface area contributed by atoms with E-state index in [-0.39, 0.29) is 38.6 Å². The van der Waals surface area contributed by atoms with Crippen molar-refractivity contribution in [3.8, 4) is 0 Å². The molecule has 7 heavy (non-hydrogen) atoms. The van der Waals surface area contributed by atoms with Gasteiger partial charge in [-0.3, -0.25) is 13.6 Å². The zero-order valence-electron chi connectivity index (χ0n) is 3.85. The zero-order chi connectivity index (χ0) is 4.99. The van der Waals surface area contributed by atoms with Crippen LogP contribution in [0.2, 0.25) is 0 Å². The summed E-state index contributed by atoms with van der Waals surface area (Å²) in [6.07, 6.45) is 0. The first-order valence-corrected chi connectivity index (χ1v) is 1.43. The van der Waals surface area contributed by atoms with E-state index in [2.05, 4.69) is 7.05 Å². The fourth-order valence-electron chi connectivity index (χ4n) is 0.0589. The third-order valence-electron chi connectivity index (χ3n) is 0.326. The van der Waals surface area contributed by atoms with E-state index in [1.807, 2.05) is 5.32 Å². The first kappa shape index (κ1) is 10.4. The topological polar surface area (TPSA) is 55.1 Å². The molecule has 0 saturated heterocycles. The Morgan fingerprint density at radius 2 is 2.29 bits per heavy atom. The van der Waals surface area contributed by atoms with Gasteiger partial charge in [0.25, 0.3) is 0 Å². The van der Waals surface area contributed by atoms with Gasteiger partial charge in [0, 0.05) is 32.7 Å². The number of hydrogen-bond donors (Lipinski definition) is 2. The van der Waals surface area contributed by atoms with E-state index in [1.165, 1.54) is 0 Å². The molecule has 0 saturated carbocycles. The third kappa shape index (κ3) is 6.40. The molecular weight excluding hydrogens is 169 g/mol. The standard InChI is InChI=1S/C3H6N2O.Y/c1-5-3(6)2-4;/h2H,1,4H2,(H,5,6);/q-2;. The molecule has 0 bridgehead atoms. The minimum atomic E-state index is -0.366. The number of carbonyl (C=O) groups excluding carboxylic acids is 1. The Labute approximate surface area is 67.9 Å². The van der Waals surface area contributed by atoms with Crippen LogP contribution in [0.3, 0.4) is 0 Å². The van der Waals surface area contributed by atoms with E-state index in [9.17, 15) is 4.79 Å². The van der Waals surface area contributed by atoms with Gasteiger partial charge in [-0.05, 0) is 0 Å². The van der Waals surface area contributed by atoms with E-state index in [0.29, 0.717) is 0 Å². The number of rotatable bonds is 1. The normalized spacial score (nSPS) is 6.00. The Morgan fingerprint density at radius 3 is 2.29 bits per heavy atom. The van der Waals surface area contributed by atoms with Gasteiger partial charge in [0.05, 0.1) is 5.91 Å². The van der Waals surface area contributed by atoms with Crippen molar-refractivity contribution in [2.45, 2.75) is 0 Å². The number of carbonyl (C=O) groups is 1. The first-order valence-electron chi connectivity index (χ1n) is 1.43. The molecule has 39 valence electrons. The second kappa shape index (κ2) is 6.40. The fraction of sp³-hybridized carbons (Fsp3) is 0. The van der Waals surface area contributed by atoms with Crippen molar-refractivity contribution < 1.29 is 37.5 Å². The third-order valence-corrected chi connectivity index (χ3v) is 0.326. The quantitative estimate of drug-likeness (QED) is 0.503. The Kier molecular flexibility index (Phi) is 9.51. The van der Waals surface area contributed by atoms with Crippen LogP contribution >= 0.6 is 0 Å². The molecule has 0 aliphatic rings. The summed E-state index contributed by atoms with van der Waals surface area (Å²) in [5, 5.41) is 2.05. The molecule has 0 unspecified atom stereocenters. The number of hydrogen-bond acceptors (Lipinski definition) is 2. The molecule has 0 aromatic rings. The molecule has 0 aliphatic heterocycles. The zero-order valence-corrected chi connectivity index (χ0v) is 6.69. The maximum Gasteiger partial charge on any atom is 0.0656 e. The van der Waals surface area contributed by atoms with Gasteiger partial charge < -0.3 is 15.8 Å². The van der Waals surface area contributed by atoms with Crippen LogP contribution in [0.5, 0.6) is 0 Å². The Hall–Kier alpha value is 0.404. The molecule has 3 nitrogen and oxygen atoms in total. The summed E-state index contributed by atoms with van der Waals surface area (Å²) in [5.41, 5.74) is 4.71. The monoisotopic (exact) mass is 175 g/mol. The Balaban J connectivity index is 0. The molecule has 0 aromatic carbocycles. The summed E-state index contributed by atoms with van der Waals surface area (Å²) in [5.74, 6) is -0.366. The van der Waals surface area contributed by atoms with E-state index in [4.69, 9.17) is 5.73 Å². The summed E-state index contributed by atoms with van der Waals surface area (Å²) < 4.78 is 0. The summed E-state index contributed by atoms with van der Waals surface area (Å²) in [4.78, 5) is 9.83. The van der Waals surface area contributed by atoms with Gasteiger partial charge in [-0.1, -0.05) is 0 Å². The predicted octanol–water partition coefficient (Wildman–Crippen LogP) is -0.988. The average molecular weight is 175 g/mol. The van der Waals surface area contributed by atoms with Crippen molar-refractivity contribution in [3.63, 3.8) is 0 Å². The average Bonchev–Trinajstić information content (AvgIpc) is 1.65. The molecule has 1 radical (unpaired) electrons. The van der Waals surface area contributed by atoms with Crippen LogP contribution in [-0.4, -0.2) is 5.91 Å². The van der Waals surface area contributed by atoms with Crippen LogP contribution in [0.4, 0.5) is 0 Å². The molecule has 0 aliphatic carbocycles. The van der Waals surface area contributed by atoms with Crippen LogP contribution < -0.4 is 11.1 Å². The maximum absolute atomic E-state index is 9.83. The van der Waals surface area contributed by atoms with E-state index in [0.717, 1.165) is 6.54 Å². The van der Waals surface area contributed by atoms with Gasteiger partial charge in [-0.15, -0.1) is 0 Å². The molecule has 0 atom stereocenters. The Bertz CT molecular complexity index is 50.9. The molecule has 0 rings (SSSR count). The SMILES string of the molecule is [CH2-]NC(=O)[CH-]N.[Y]. The van der Waals surface area contributed by atoms with Gasteiger partial charge >= 0.3 is 0 Å². The second-order valence-electron chi connectivity index (χ2n) is 0.708. The number of nitrogens with two attached hydrogens (primary N) is 1. The summed E-state index contributed by atoms with van der Waals surface area (Å²) >= 11 is 0. The van der Waals surface area contributed by atoms with E-state index < -0.39 is 0 Å². The minimum Gasteiger partial charge on any atom is -0.533 e. The van der Waals surface area contributed by atoms with Crippen molar-refractivity contribution in [2.24, 2.45) is 5.73 Å². The van der Waals surface area contributed by atoms with Crippen molar-refractivity contribution in [3.05, 3.63) is 13.6 Å². The second-order valence-corrected chi connectivity index (χ2v) is 0.708. The van der Waals surface area contributed by atoms with Crippen molar-refractivity contribution in [1.29, 1.82) is 0 Å². The Morgan fingerprint density at radius 1 is 1.86 bits per heavy atom. The molecule has 3 N–H and O–H groups in total. The van der Waals surface area contributed by atoms with Crippen molar-refractivity contribution >= 4 is 5.91 Å². The minimum absolute atomic E-state index is 0. The van der Waals surface area contributed by atoms with Crippen molar-refractivity contribution in [2.75, 3.05) is 0 Å². The molecule has 0 fully saturated rings. The maximum atomic E-state index is 9.83. The van der Waals surface area contributed by atoms with Gasteiger partial charge in [-0.25, -0.2) is 0 Å². The predicted molar refractivity (Wildman–Crippen MR) is 22.0 cm³/mol. The molecule has 0 heterocycles. The van der Waals surface area contributed by atoms with Gasteiger partial charge in [0.1, 0.15) is 0 Å².